The maximum atomic E-state index is 12.0. The van der Waals surface area contributed by atoms with Crippen molar-refractivity contribution in [3.8, 4) is 5.75 Å². The third-order valence-corrected chi connectivity index (χ3v) is 5.41. The second-order valence-corrected chi connectivity index (χ2v) is 9.44. The van der Waals surface area contributed by atoms with Gasteiger partial charge in [-0.05, 0) is 22.6 Å². The molecule has 0 unspecified atom stereocenters. The molecule has 0 aliphatic heterocycles. The Morgan fingerprint density at radius 2 is 1.64 bits per heavy atom. The third-order valence-electron chi connectivity index (χ3n) is 4.09. The minimum atomic E-state index is -3.47. The molecule has 0 heterocycles. The van der Waals surface area contributed by atoms with Crippen molar-refractivity contribution in [2.75, 3.05) is 18.9 Å². The summed E-state index contributed by atoms with van der Waals surface area (Å²) in [4.78, 5) is 12.0. The molecule has 6 nitrogen and oxygen atoms in total. The molecular weight excluding hydrogens is 376 g/mol. The number of carbonyl (C=O) groups is 1. The van der Waals surface area contributed by atoms with Crippen LogP contribution in [0.25, 0.3) is 0 Å². The number of amides is 1. The largest absolute Gasteiger partial charge is 0.483 e. The lowest BCUT2D eigenvalue weighted by atomic mass is 9.86. The predicted octanol–water partition coefficient (Wildman–Crippen LogP) is 2.60. The van der Waals surface area contributed by atoms with E-state index >= 15 is 0 Å². The zero-order chi connectivity index (χ0) is 20.6. The number of nitrogens with one attached hydrogen (secondary N) is 2. The van der Waals surface area contributed by atoms with Gasteiger partial charge in [0, 0.05) is 13.1 Å². The van der Waals surface area contributed by atoms with Crippen LogP contribution in [0, 0.1) is 0 Å². The van der Waals surface area contributed by atoms with Crippen LogP contribution in [0.5, 0.6) is 5.75 Å². The van der Waals surface area contributed by atoms with E-state index in [4.69, 9.17) is 4.74 Å². The Labute approximate surface area is 167 Å². The van der Waals surface area contributed by atoms with Gasteiger partial charge in [-0.3, -0.25) is 4.79 Å². The first-order valence-corrected chi connectivity index (χ1v) is 10.8. The first kappa shape index (κ1) is 21.9. The number of carbonyl (C=O) groups excluding carboxylic acids is 1. The van der Waals surface area contributed by atoms with E-state index in [0.29, 0.717) is 5.75 Å². The monoisotopic (exact) mass is 404 g/mol. The number of hydrogen-bond acceptors (Lipinski definition) is 4. The van der Waals surface area contributed by atoms with Crippen molar-refractivity contribution in [1.82, 2.24) is 10.0 Å². The van der Waals surface area contributed by atoms with E-state index in [1.54, 1.807) is 0 Å². The van der Waals surface area contributed by atoms with Crippen LogP contribution in [0.2, 0.25) is 0 Å². The van der Waals surface area contributed by atoms with Crippen LogP contribution in [0.4, 0.5) is 0 Å². The molecule has 0 aliphatic carbocycles. The molecule has 152 valence electrons. The molecule has 0 spiro atoms. The molecule has 0 atom stereocenters. The molecule has 7 heteroatoms. The van der Waals surface area contributed by atoms with Crippen molar-refractivity contribution in [3.05, 3.63) is 65.7 Å². The number of para-hydroxylation sites is 1. The van der Waals surface area contributed by atoms with E-state index in [1.165, 1.54) is 0 Å². The predicted molar refractivity (Wildman–Crippen MR) is 111 cm³/mol. The van der Waals surface area contributed by atoms with Crippen LogP contribution in [0.1, 0.15) is 31.9 Å². The average molecular weight is 405 g/mol. The van der Waals surface area contributed by atoms with Gasteiger partial charge in [0.05, 0.1) is 5.75 Å². The van der Waals surface area contributed by atoms with Crippen molar-refractivity contribution >= 4 is 15.9 Å². The fourth-order valence-corrected chi connectivity index (χ4v) is 3.49. The summed E-state index contributed by atoms with van der Waals surface area (Å²) >= 11 is 0. The number of hydrogen-bond donors (Lipinski definition) is 2. The topological polar surface area (TPSA) is 84.5 Å². The molecule has 0 radical (unpaired) electrons. The normalized spacial score (nSPS) is 11.8. The van der Waals surface area contributed by atoms with E-state index < -0.39 is 10.0 Å². The second kappa shape index (κ2) is 9.71. The minimum Gasteiger partial charge on any atom is -0.483 e. The summed E-state index contributed by atoms with van der Waals surface area (Å²) in [7, 11) is -3.47. The number of rotatable bonds is 9. The van der Waals surface area contributed by atoms with Gasteiger partial charge in [0.15, 0.2) is 6.61 Å². The second-order valence-electron chi connectivity index (χ2n) is 7.51. The van der Waals surface area contributed by atoms with Crippen molar-refractivity contribution in [2.45, 2.75) is 32.7 Å². The highest BCUT2D eigenvalue weighted by Crippen LogP contribution is 2.30. The molecule has 2 N–H and O–H groups in total. The zero-order valence-corrected chi connectivity index (χ0v) is 17.4. The molecule has 0 fully saturated rings. The van der Waals surface area contributed by atoms with Gasteiger partial charge in [-0.15, -0.1) is 0 Å². The maximum Gasteiger partial charge on any atom is 0.257 e. The quantitative estimate of drug-likeness (QED) is 0.673. The van der Waals surface area contributed by atoms with Crippen LogP contribution in [-0.4, -0.2) is 33.2 Å². The Kier molecular flexibility index (Phi) is 7.60. The van der Waals surface area contributed by atoms with Gasteiger partial charge in [-0.2, -0.15) is 0 Å². The Balaban J connectivity index is 1.76. The van der Waals surface area contributed by atoms with Gasteiger partial charge in [0.1, 0.15) is 5.75 Å². The summed E-state index contributed by atoms with van der Waals surface area (Å²) in [6, 6.07) is 16.8. The van der Waals surface area contributed by atoms with Gasteiger partial charge < -0.3 is 10.1 Å². The summed E-state index contributed by atoms with van der Waals surface area (Å²) in [6.45, 7) is 6.30. The van der Waals surface area contributed by atoms with E-state index in [0.717, 1.165) is 11.1 Å². The zero-order valence-electron chi connectivity index (χ0n) is 16.6. The number of benzene rings is 2. The Hall–Kier alpha value is -2.38. The van der Waals surface area contributed by atoms with Crippen LogP contribution in [0.3, 0.4) is 0 Å². The lowest BCUT2D eigenvalue weighted by Gasteiger charge is -2.22. The van der Waals surface area contributed by atoms with E-state index in [9.17, 15) is 13.2 Å². The Morgan fingerprint density at radius 1 is 1.00 bits per heavy atom. The summed E-state index contributed by atoms with van der Waals surface area (Å²) in [5.74, 6) is 0.105. The number of sulfonamides is 1. The smallest absolute Gasteiger partial charge is 0.257 e. The van der Waals surface area contributed by atoms with Crippen LogP contribution >= 0.6 is 0 Å². The molecular formula is C21H28N2O4S. The SMILES string of the molecule is CC(C)(C)c1ccccc1OCC(=O)NCCS(=O)(=O)NCc1ccccc1. The van der Waals surface area contributed by atoms with Crippen LogP contribution < -0.4 is 14.8 Å². The van der Waals surface area contributed by atoms with Crippen molar-refractivity contribution in [1.29, 1.82) is 0 Å². The average Bonchev–Trinajstić information content (AvgIpc) is 2.65. The molecule has 0 saturated carbocycles. The molecule has 0 bridgehead atoms. The molecule has 0 aliphatic rings. The summed E-state index contributed by atoms with van der Waals surface area (Å²) in [5.41, 5.74) is 1.78. The molecule has 2 aromatic rings. The fourth-order valence-electron chi connectivity index (χ4n) is 2.59. The molecule has 2 aromatic carbocycles. The van der Waals surface area contributed by atoms with Gasteiger partial charge in [0.2, 0.25) is 10.0 Å². The Morgan fingerprint density at radius 3 is 2.32 bits per heavy atom. The fraction of sp³-hybridized carbons (Fsp3) is 0.381. The summed E-state index contributed by atoms with van der Waals surface area (Å²) in [5, 5.41) is 2.58. The first-order chi connectivity index (χ1) is 13.2. The van der Waals surface area contributed by atoms with Gasteiger partial charge >= 0.3 is 0 Å². The molecule has 0 saturated heterocycles. The highest BCUT2D eigenvalue weighted by atomic mass is 32.2. The molecule has 28 heavy (non-hydrogen) atoms. The summed E-state index contributed by atoms with van der Waals surface area (Å²) < 4.78 is 32.2. The van der Waals surface area contributed by atoms with Crippen molar-refractivity contribution < 1.29 is 17.9 Å². The number of ether oxygens (including phenoxy) is 1. The van der Waals surface area contributed by atoms with Crippen molar-refractivity contribution in [3.63, 3.8) is 0 Å². The summed E-state index contributed by atoms with van der Waals surface area (Å²) in [6.07, 6.45) is 0. The lowest BCUT2D eigenvalue weighted by Crippen LogP contribution is -2.36. The standard InChI is InChI=1S/C21H28N2O4S/c1-21(2,3)18-11-7-8-12-19(18)27-16-20(24)22-13-14-28(25,26)23-15-17-9-5-4-6-10-17/h4-12,23H,13-16H2,1-3H3,(H,22,24). The third kappa shape index (κ3) is 7.32. The van der Waals surface area contributed by atoms with E-state index in [2.05, 4.69) is 30.8 Å². The van der Waals surface area contributed by atoms with E-state index in [1.807, 2.05) is 54.6 Å². The maximum absolute atomic E-state index is 12.0. The highest BCUT2D eigenvalue weighted by molar-refractivity contribution is 7.89. The molecule has 1 amide bonds. The van der Waals surface area contributed by atoms with Crippen molar-refractivity contribution in [2.24, 2.45) is 0 Å². The van der Waals surface area contributed by atoms with E-state index in [-0.39, 0.29) is 36.8 Å². The highest BCUT2D eigenvalue weighted by Gasteiger charge is 2.19. The van der Waals surface area contributed by atoms with Gasteiger partial charge in [-0.25, -0.2) is 13.1 Å². The lowest BCUT2D eigenvalue weighted by molar-refractivity contribution is -0.122. The van der Waals surface area contributed by atoms with Crippen LogP contribution in [0.15, 0.2) is 54.6 Å². The molecule has 2 rings (SSSR count). The molecule has 0 aromatic heterocycles. The van der Waals surface area contributed by atoms with Gasteiger partial charge in [-0.1, -0.05) is 69.3 Å². The minimum absolute atomic E-state index is 0.0211. The van der Waals surface area contributed by atoms with Crippen LogP contribution in [-0.2, 0) is 26.8 Å². The Bertz CT molecular complexity index is 875. The van der Waals surface area contributed by atoms with Gasteiger partial charge in [0.25, 0.3) is 5.91 Å². The first-order valence-electron chi connectivity index (χ1n) is 9.18.